The molecule has 0 heterocycles. The third-order valence-electron chi connectivity index (χ3n) is 0.486. The Balaban J connectivity index is -0.000000149. The monoisotopic (exact) mass is 162 g/mol. The quantitative estimate of drug-likeness (QED) is 0.308. The Labute approximate surface area is 108 Å². The molecule has 0 saturated carbocycles. The van der Waals surface area contributed by atoms with Gasteiger partial charge in [0, 0.05) is 0 Å². The summed E-state index contributed by atoms with van der Waals surface area (Å²) in [6.45, 7) is 12.9. The molecule has 1 heteroatoms. The van der Waals surface area contributed by atoms with Gasteiger partial charge in [-0.2, -0.15) is 6.58 Å². The molecular weight excluding hydrogens is 147 g/mol. The molecule has 0 aromatic heterocycles. The van der Waals surface area contributed by atoms with Crippen LogP contribution in [0.3, 0.4) is 0 Å². The van der Waals surface area contributed by atoms with Gasteiger partial charge in [0.05, 0.1) is 0 Å². The van der Waals surface area contributed by atoms with Gasteiger partial charge in [-0.1, -0.05) is 20.8 Å². The molecule has 0 atom stereocenters. The van der Waals surface area contributed by atoms with Gasteiger partial charge in [0.25, 0.3) is 0 Å². The van der Waals surface area contributed by atoms with Gasteiger partial charge < -0.3 is 0 Å². The average molecular weight is 162 g/mol. The van der Waals surface area contributed by atoms with E-state index in [2.05, 4.69) is 19.2 Å². The minimum absolute atomic E-state index is 0. The number of hydrogen-bond donors (Lipinski definition) is 0. The van der Waals surface area contributed by atoms with E-state index < -0.39 is 0 Å². The molecule has 0 aromatic rings. The van der Waals surface area contributed by atoms with Crippen molar-refractivity contribution < 1.29 is 51.4 Å². The Kier molecular flexibility index (Phi) is 28.1. The molecule has 0 bridgehead atoms. The molecule has 0 unspecified atom stereocenters. The third-order valence-corrected chi connectivity index (χ3v) is 0.486. The van der Waals surface area contributed by atoms with E-state index in [-0.39, 0.29) is 51.4 Å². The summed E-state index contributed by atoms with van der Waals surface area (Å²) >= 11 is 0. The molecule has 10 heavy (non-hydrogen) atoms. The first-order chi connectivity index (χ1) is 4.27. The van der Waals surface area contributed by atoms with E-state index in [0.29, 0.717) is 0 Å². The van der Waals surface area contributed by atoms with Gasteiger partial charge >= 0.3 is 51.4 Å². The number of hydrogen-bond acceptors (Lipinski definition) is 0. The summed E-state index contributed by atoms with van der Waals surface area (Å²) in [6.07, 6.45) is 6.20. The van der Waals surface area contributed by atoms with Crippen LogP contribution in [-0.2, 0) is 0 Å². The van der Waals surface area contributed by atoms with Crippen LogP contribution in [0.1, 0.15) is 20.8 Å². The van der Waals surface area contributed by atoms with E-state index >= 15 is 0 Å². The van der Waals surface area contributed by atoms with Crippen molar-refractivity contribution in [3.8, 4) is 0 Å². The van der Waals surface area contributed by atoms with Crippen molar-refractivity contribution in [1.29, 1.82) is 0 Å². The third kappa shape index (κ3) is 23.2. The summed E-state index contributed by atoms with van der Waals surface area (Å²) in [4.78, 5) is 0. The molecule has 52 valence electrons. The molecule has 0 fully saturated rings. The van der Waals surface area contributed by atoms with Crippen molar-refractivity contribution in [2.75, 3.05) is 0 Å². The van der Waals surface area contributed by atoms with Crippen molar-refractivity contribution in [3.63, 3.8) is 0 Å². The summed E-state index contributed by atoms with van der Waals surface area (Å²) in [6, 6.07) is 0. The topological polar surface area (TPSA) is 0 Å². The second kappa shape index (κ2) is 16.4. The van der Waals surface area contributed by atoms with Crippen LogP contribution in [0.2, 0.25) is 0 Å². The van der Waals surface area contributed by atoms with Crippen molar-refractivity contribution >= 4 is 0 Å². The minimum Gasteiger partial charge on any atom is -0.258 e. The maximum atomic E-state index is 3.64. The molecule has 0 nitrogen and oxygen atoms in total. The van der Waals surface area contributed by atoms with Crippen LogP contribution < -0.4 is 51.4 Å². The van der Waals surface area contributed by atoms with Crippen LogP contribution in [0.4, 0.5) is 0 Å². The standard InChI is InChI=1S/C7H9.C2H6.K/c1-4-5-6-7(2)3;1-2;/h5-6H,1-2H2,3H3;1-2H3;/q-1;;+1/b6-5-;;. The first-order valence-electron chi connectivity index (χ1n) is 3.12. The summed E-state index contributed by atoms with van der Waals surface area (Å²) < 4.78 is 0. The fourth-order valence-electron chi connectivity index (χ4n) is 0.201. The molecule has 0 spiro atoms. The zero-order valence-electron chi connectivity index (χ0n) is 7.57. The Morgan fingerprint density at radius 2 is 1.80 bits per heavy atom. The maximum Gasteiger partial charge on any atom is 1.00 e. The largest absolute Gasteiger partial charge is 1.00 e. The van der Waals surface area contributed by atoms with Gasteiger partial charge in [-0.05, 0) is 0 Å². The van der Waals surface area contributed by atoms with Crippen LogP contribution in [0.5, 0.6) is 0 Å². The molecular formula is C9H15K. The van der Waals surface area contributed by atoms with Crippen molar-refractivity contribution in [3.05, 3.63) is 37.0 Å². The summed E-state index contributed by atoms with van der Waals surface area (Å²) in [5, 5.41) is 0. The predicted molar refractivity (Wildman–Crippen MR) is 44.2 cm³/mol. The Morgan fingerprint density at radius 1 is 1.40 bits per heavy atom. The fraction of sp³-hybridized carbons (Fsp3) is 0.333. The molecule has 0 aromatic carbocycles. The fourth-order valence-corrected chi connectivity index (χ4v) is 0.201. The van der Waals surface area contributed by atoms with Crippen molar-refractivity contribution in [2.24, 2.45) is 0 Å². The van der Waals surface area contributed by atoms with Crippen LogP contribution in [0, 0.1) is 6.08 Å². The molecule has 0 N–H and O–H groups in total. The van der Waals surface area contributed by atoms with Crippen LogP contribution in [0.15, 0.2) is 30.9 Å². The van der Waals surface area contributed by atoms with E-state index in [1.807, 2.05) is 26.8 Å². The zero-order chi connectivity index (χ0) is 7.70. The summed E-state index contributed by atoms with van der Waals surface area (Å²) in [5.41, 5.74) is 1.02. The van der Waals surface area contributed by atoms with Crippen molar-refractivity contribution in [1.82, 2.24) is 0 Å². The second-order valence-corrected chi connectivity index (χ2v) is 1.38. The summed E-state index contributed by atoms with van der Waals surface area (Å²) in [5.74, 6) is 0. The maximum absolute atomic E-state index is 3.64. The molecule has 0 amide bonds. The number of rotatable bonds is 2. The van der Waals surface area contributed by atoms with Gasteiger partial charge in [-0.25, -0.2) is 12.2 Å². The smallest absolute Gasteiger partial charge is 0.258 e. The van der Waals surface area contributed by atoms with Gasteiger partial charge in [0.15, 0.2) is 0 Å². The van der Waals surface area contributed by atoms with Gasteiger partial charge in [0.2, 0.25) is 0 Å². The average Bonchev–Trinajstić information content (AvgIpc) is 1.88. The number of allylic oxidation sites excluding steroid dienone is 4. The predicted octanol–water partition coefficient (Wildman–Crippen LogP) is 0.138. The van der Waals surface area contributed by atoms with Crippen LogP contribution in [-0.4, -0.2) is 0 Å². The Bertz CT molecular complexity index is 101. The van der Waals surface area contributed by atoms with Crippen molar-refractivity contribution in [2.45, 2.75) is 20.8 Å². The Morgan fingerprint density at radius 3 is 1.90 bits per heavy atom. The molecule has 0 aliphatic heterocycles. The summed E-state index contributed by atoms with van der Waals surface area (Å²) in [7, 11) is 0. The molecule has 0 aliphatic rings. The molecule has 0 saturated heterocycles. The first kappa shape index (κ1) is 17.1. The van der Waals surface area contributed by atoms with Gasteiger partial charge in [-0.15, -0.1) is 12.2 Å². The first-order valence-corrected chi connectivity index (χ1v) is 3.12. The minimum atomic E-state index is 0. The zero-order valence-corrected chi connectivity index (χ0v) is 10.7. The van der Waals surface area contributed by atoms with E-state index in [0.717, 1.165) is 5.57 Å². The Hall–Kier alpha value is 0.856. The molecule has 0 radical (unpaired) electrons. The van der Waals surface area contributed by atoms with Gasteiger partial charge in [-0.3, -0.25) is 6.08 Å². The molecule has 0 rings (SSSR count). The van der Waals surface area contributed by atoms with Crippen LogP contribution in [0.25, 0.3) is 0 Å². The van der Waals surface area contributed by atoms with E-state index in [1.165, 1.54) is 0 Å². The van der Waals surface area contributed by atoms with Gasteiger partial charge in [0.1, 0.15) is 0 Å². The normalized spacial score (nSPS) is 7.10. The van der Waals surface area contributed by atoms with E-state index in [9.17, 15) is 0 Å². The SMILES string of the molecule is C=[C-]/C=C\C(=C)C.CC.[K+]. The second-order valence-electron chi connectivity index (χ2n) is 1.38. The van der Waals surface area contributed by atoms with E-state index in [4.69, 9.17) is 0 Å². The molecule has 0 aliphatic carbocycles. The van der Waals surface area contributed by atoms with E-state index in [1.54, 1.807) is 6.08 Å². The van der Waals surface area contributed by atoms with Crippen LogP contribution >= 0.6 is 0 Å².